The van der Waals surface area contributed by atoms with Crippen LogP contribution in [0.2, 0.25) is 0 Å². The third-order valence-electron chi connectivity index (χ3n) is 2.32. The lowest BCUT2D eigenvalue weighted by atomic mass is 9.95. The van der Waals surface area contributed by atoms with E-state index in [0.717, 1.165) is 0 Å². The Labute approximate surface area is 109 Å². The number of carbonyl (C=O) groups is 1. The van der Waals surface area contributed by atoms with E-state index >= 15 is 0 Å². The van der Waals surface area contributed by atoms with E-state index in [1.807, 2.05) is 0 Å². The lowest BCUT2D eigenvalue weighted by molar-refractivity contribution is -0.274. The van der Waals surface area contributed by atoms with E-state index < -0.39 is 11.8 Å². The van der Waals surface area contributed by atoms with Gasteiger partial charge in [-0.15, -0.1) is 13.2 Å². The molecule has 0 radical (unpaired) electrons. The van der Waals surface area contributed by atoms with Gasteiger partial charge in [0.15, 0.2) is 0 Å². The van der Waals surface area contributed by atoms with Crippen molar-refractivity contribution in [3.05, 3.63) is 29.8 Å². The van der Waals surface area contributed by atoms with E-state index in [-0.39, 0.29) is 23.8 Å². The van der Waals surface area contributed by atoms with Gasteiger partial charge in [-0.3, -0.25) is 4.79 Å². The molecule has 0 fully saturated rings. The molecular formula is C13H16F3NO2. The zero-order valence-corrected chi connectivity index (χ0v) is 11.0. The molecule has 0 saturated heterocycles. The monoisotopic (exact) mass is 275 g/mol. The molecule has 106 valence electrons. The summed E-state index contributed by atoms with van der Waals surface area (Å²) in [7, 11) is 0. The van der Waals surface area contributed by atoms with Gasteiger partial charge in [-0.1, -0.05) is 39.0 Å². The number of para-hydroxylation sites is 1. The number of ether oxygens (including phenoxy) is 1. The number of hydrogen-bond acceptors (Lipinski definition) is 2. The van der Waals surface area contributed by atoms with Crippen molar-refractivity contribution >= 4 is 5.91 Å². The largest absolute Gasteiger partial charge is 0.573 e. The topological polar surface area (TPSA) is 38.3 Å². The molecule has 1 aromatic rings. The Morgan fingerprint density at radius 3 is 2.32 bits per heavy atom. The zero-order chi connectivity index (χ0) is 14.7. The molecule has 0 atom stereocenters. The zero-order valence-electron chi connectivity index (χ0n) is 11.0. The predicted molar refractivity (Wildman–Crippen MR) is 64.4 cm³/mol. The minimum absolute atomic E-state index is 0.0116. The van der Waals surface area contributed by atoms with Crippen LogP contribution in [-0.2, 0) is 11.3 Å². The summed E-state index contributed by atoms with van der Waals surface area (Å²) in [6.45, 7) is 5.16. The van der Waals surface area contributed by atoms with Crippen molar-refractivity contribution in [2.24, 2.45) is 5.41 Å². The maximum Gasteiger partial charge on any atom is 0.573 e. The number of halogens is 3. The summed E-state index contributed by atoms with van der Waals surface area (Å²) in [5, 5.41) is 2.58. The Kier molecular flexibility index (Phi) is 4.44. The van der Waals surface area contributed by atoms with Crippen LogP contribution in [0.5, 0.6) is 5.75 Å². The van der Waals surface area contributed by atoms with E-state index in [4.69, 9.17) is 0 Å². The Morgan fingerprint density at radius 1 is 1.21 bits per heavy atom. The summed E-state index contributed by atoms with van der Waals surface area (Å²) in [5.74, 6) is -0.543. The third kappa shape index (κ3) is 5.19. The molecule has 0 saturated carbocycles. The molecule has 6 heteroatoms. The quantitative estimate of drug-likeness (QED) is 0.919. The Balaban J connectivity index is 2.77. The van der Waals surface area contributed by atoms with Gasteiger partial charge in [0.1, 0.15) is 5.75 Å². The van der Waals surface area contributed by atoms with Gasteiger partial charge in [0.25, 0.3) is 0 Å². The fourth-order valence-corrected chi connectivity index (χ4v) is 1.31. The molecule has 1 N–H and O–H groups in total. The molecule has 3 nitrogen and oxygen atoms in total. The number of rotatable bonds is 3. The van der Waals surface area contributed by atoms with Gasteiger partial charge in [0.05, 0.1) is 0 Å². The van der Waals surface area contributed by atoms with Crippen molar-refractivity contribution in [2.45, 2.75) is 33.7 Å². The first kappa shape index (κ1) is 15.3. The number of benzene rings is 1. The van der Waals surface area contributed by atoms with E-state index in [9.17, 15) is 18.0 Å². The van der Waals surface area contributed by atoms with Crippen LogP contribution < -0.4 is 10.1 Å². The fourth-order valence-electron chi connectivity index (χ4n) is 1.31. The van der Waals surface area contributed by atoms with Crippen molar-refractivity contribution in [2.75, 3.05) is 0 Å². The minimum Gasteiger partial charge on any atom is -0.405 e. The van der Waals surface area contributed by atoms with E-state index in [0.29, 0.717) is 0 Å². The van der Waals surface area contributed by atoms with Crippen molar-refractivity contribution in [1.82, 2.24) is 5.32 Å². The molecule has 1 aromatic carbocycles. The third-order valence-corrected chi connectivity index (χ3v) is 2.32. The molecule has 0 heterocycles. The van der Waals surface area contributed by atoms with Crippen LogP contribution in [0.25, 0.3) is 0 Å². The lowest BCUT2D eigenvalue weighted by Crippen LogP contribution is -2.34. The predicted octanol–water partition coefficient (Wildman–Crippen LogP) is 3.25. The second-order valence-corrected chi connectivity index (χ2v) is 5.09. The van der Waals surface area contributed by atoms with Crippen LogP contribution in [0.3, 0.4) is 0 Å². The summed E-state index contributed by atoms with van der Waals surface area (Å²) in [6.07, 6.45) is -4.75. The summed E-state index contributed by atoms with van der Waals surface area (Å²) in [6, 6.07) is 5.72. The second-order valence-electron chi connectivity index (χ2n) is 5.09. The summed E-state index contributed by atoms with van der Waals surface area (Å²) >= 11 is 0. The Morgan fingerprint density at radius 2 is 1.79 bits per heavy atom. The van der Waals surface area contributed by atoms with Crippen LogP contribution in [-0.4, -0.2) is 12.3 Å². The number of alkyl halides is 3. The summed E-state index contributed by atoms with van der Waals surface area (Å²) in [5.41, 5.74) is -0.322. The van der Waals surface area contributed by atoms with Gasteiger partial charge < -0.3 is 10.1 Å². The maximum absolute atomic E-state index is 12.2. The van der Waals surface area contributed by atoms with E-state index in [2.05, 4.69) is 10.1 Å². The first-order chi connectivity index (χ1) is 8.59. The maximum atomic E-state index is 12.2. The molecule has 0 aliphatic heterocycles. The average Bonchev–Trinajstić information content (AvgIpc) is 2.24. The minimum atomic E-state index is -4.75. The molecule has 0 spiro atoms. The number of carbonyl (C=O) groups excluding carboxylic acids is 1. The molecule has 1 amide bonds. The molecule has 0 aliphatic rings. The van der Waals surface area contributed by atoms with Gasteiger partial charge in [0.2, 0.25) is 5.91 Å². The van der Waals surface area contributed by atoms with Gasteiger partial charge in [-0.05, 0) is 6.07 Å². The highest BCUT2D eigenvalue weighted by atomic mass is 19.4. The normalized spacial score (nSPS) is 12.1. The lowest BCUT2D eigenvalue weighted by Gasteiger charge is -2.19. The fraction of sp³-hybridized carbons (Fsp3) is 0.462. The molecule has 0 bridgehead atoms. The molecule has 0 aromatic heterocycles. The van der Waals surface area contributed by atoms with E-state index in [1.54, 1.807) is 26.8 Å². The number of amides is 1. The molecular weight excluding hydrogens is 259 g/mol. The highest BCUT2D eigenvalue weighted by Crippen LogP contribution is 2.26. The van der Waals surface area contributed by atoms with Crippen LogP contribution in [0.1, 0.15) is 26.3 Å². The highest BCUT2D eigenvalue weighted by molar-refractivity contribution is 5.81. The molecule has 1 rings (SSSR count). The van der Waals surface area contributed by atoms with Crippen LogP contribution >= 0.6 is 0 Å². The Bertz CT molecular complexity index is 450. The summed E-state index contributed by atoms with van der Waals surface area (Å²) in [4.78, 5) is 11.7. The summed E-state index contributed by atoms with van der Waals surface area (Å²) < 4.78 is 40.5. The van der Waals surface area contributed by atoms with Gasteiger partial charge >= 0.3 is 6.36 Å². The average molecular weight is 275 g/mol. The first-order valence-electron chi connectivity index (χ1n) is 5.71. The Hall–Kier alpha value is -1.72. The van der Waals surface area contributed by atoms with Gasteiger partial charge in [-0.2, -0.15) is 0 Å². The number of nitrogens with one attached hydrogen (secondary N) is 1. The van der Waals surface area contributed by atoms with Crippen molar-refractivity contribution in [1.29, 1.82) is 0 Å². The molecule has 0 unspecified atom stereocenters. The smallest absolute Gasteiger partial charge is 0.405 e. The van der Waals surface area contributed by atoms with Crippen molar-refractivity contribution in [3.8, 4) is 5.75 Å². The molecule has 0 aliphatic carbocycles. The van der Waals surface area contributed by atoms with E-state index in [1.165, 1.54) is 18.2 Å². The van der Waals surface area contributed by atoms with Crippen LogP contribution in [0.4, 0.5) is 13.2 Å². The second kappa shape index (κ2) is 5.50. The van der Waals surface area contributed by atoms with Crippen LogP contribution in [0.15, 0.2) is 24.3 Å². The first-order valence-corrected chi connectivity index (χ1v) is 5.71. The van der Waals surface area contributed by atoms with Gasteiger partial charge in [0, 0.05) is 17.5 Å². The van der Waals surface area contributed by atoms with Crippen LogP contribution in [0, 0.1) is 5.41 Å². The highest BCUT2D eigenvalue weighted by Gasteiger charge is 2.32. The molecule has 19 heavy (non-hydrogen) atoms. The number of hydrogen-bond donors (Lipinski definition) is 1. The van der Waals surface area contributed by atoms with Gasteiger partial charge in [-0.25, -0.2) is 0 Å². The van der Waals surface area contributed by atoms with Crippen molar-refractivity contribution in [3.63, 3.8) is 0 Å². The SMILES string of the molecule is CC(C)(C)C(=O)NCc1ccccc1OC(F)(F)F. The van der Waals surface area contributed by atoms with Crippen molar-refractivity contribution < 1.29 is 22.7 Å². The standard InChI is InChI=1S/C13H16F3NO2/c1-12(2,3)11(18)17-8-9-6-4-5-7-10(9)19-13(14,15)16/h4-7H,8H2,1-3H3,(H,17,18).